The molecule has 3 rings (SSSR count). The summed E-state index contributed by atoms with van der Waals surface area (Å²) < 4.78 is 34.1. The second-order valence-corrected chi connectivity index (χ2v) is 11.2. The molecule has 0 aliphatic rings. The third kappa shape index (κ3) is 7.38. The van der Waals surface area contributed by atoms with Gasteiger partial charge < -0.3 is 15.0 Å². The second kappa shape index (κ2) is 13.3. The zero-order valence-electron chi connectivity index (χ0n) is 23.2. The number of rotatable bonds is 12. The van der Waals surface area contributed by atoms with Crippen LogP contribution in [0.5, 0.6) is 5.75 Å². The molecule has 39 heavy (non-hydrogen) atoms. The third-order valence-corrected chi connectivity index (χ3v) is 8.21. The summed E-state index contributed by atoms with van der Waals surface area (Å²) in [5.74, 6) is -0.208. The van der Waals surface area contributed by atoms with Crippen molar-refractivity contribution in [2.75, 3.05) is 24.5 Å². The van der Waals surface area contributed by atoms with Gasteiger partial charge in [-0.05, 0) is 69.2 Å². The number of aryl methyl sites for hydroxylation is 2. The van der Waals surface area contributed by atoms with Crippen LogP contribution < -0.4 is 14.4 Å². The summed E-state index contributed by atoms with van der Waals surface area (Å²) in [4.78, 5) is 28.5. The van der Waals surface area contributed by atoms with Gasteiger partial charge in [0, 0.05) is 13.1 Å². The number of nitrogens with one attached hydrogen (secondary N) is 1. The summed E-state index contributed by atoms with van der Waals surface area (Å²) in [6, 6.07) is 19.9. The van der Waals surface area contributed by atoms with Gasteiger partial charge in [-0.25, -0.2) is 8.42 Å². The molecule has 0 bridgehead atoms. The largest absolute Gasteiger partial charge is 0.497 e. The van der Waals surface area contributed by atoms with E-state index < -0.39 is 28.5 Å². The molecule has 0 aliphatic heterocycles. The predicted molar refractivity (Wildman–Crippen MR) is 153 cm³/mol. The minimum Gasteiger partial charge on any atom is -0.497 e. The van der Waals surface area contributed by atoms with Gasteiger partial charge in [0.25, 0.3) is 10.0 Å². The standard InChI is InChI=1S/C30H37N3O5S/c1-6-28(30(35)31-7-2)32(20-24-10-8-9-23(4)19-24)29(34)21-33(25-13-15-26(38-5)16-14-25)39(36,37)27-17-11-22(3)12-18-27/h8-19,28H,6-7,20-21H2,1-5H3,(H,31,35)/t28-/m0/s1. The van der Waals surface area contributed by atoms with E-state index in [1.165, 1.54) is 24.1 Å². The minimum absolute atomic E-state index is 0.0673. The van der Waals surface area contributed by atoms with Crippen LogP contribution in [0.25, 0.3) is 0 Å². The van der Waals surface area contributed by atoms with Crippen molar-refractivity contribution < 1.29 is 22.7 Å². The number of anilines is 1. The fourth-order valence-electron chi connectivity index (χ4n) is 4.33. The topological polar surface area (TPSA) is 96.0 Å². The third-order valence-electron chi connectivity index (χ3n) is 6.42. The number of carbonyl (C=O) groups excluding carboxylic acids is 2. The van der Waals surface area contributed by atoms with E-state index in [0.29, 0.717) is 24.4 Å². The van der Waals surface area contributed by atoms with Crippen LogP contribution in [0, 0.1) is 13.8 Å². The average molecular weight is 552 g/mol. The summed E-state index contributed by atoms with van der Waals surface area (Å²) in [7, 11) is -2.59. The van der Waals surface area contributed by atoms with E-state index in [4.69, 9.17) is 4.74 Å². The van der Waals surface area contributed by atoms with Gasteiger partial charge in [0.05, 0.1) is 17.7 Å². The van der Waals surface area contributed by atoms with Crippen molar-refractivity contribution in [2.45, 2.75) is 51.6 Å². The number of hydrogen-bond acceptors (Lipinski definition) is 5. The minimum atomic E-state index is -4.12. The molecule has 0 saturated carbocycles. The van der Waals surface area contributed by atoms with Crippen molar-refractivity contribution in [3.8, 4) is 5.75 Å². The van der Waals surface area contributed by atoms with Crippen LogP contribution >= 0.6 is 0 Å². The predicted octanol–water partition coefficient (Wildman–Crippen LogP) is 4.45. The van der Waals surface area contributed by atoms with Gasteiger partial charge in [-0.15, -0.1) is 0 Å². The Morgan fingerprint density at radius 3 is 2.15 bits per heavy atom. The molecule has 0 fully saturated rings. The van der Waals surface area contributed by atoms with Crippen molar-refractivity contribution in [2.24, 2.45) is 0 Å². The normalized spacial score (nSPS) is 11.9. The van der Waals surface area contributed by atoms with Crippen molar-refractivity contribution in [3.63, 3.8) is 0 Å². The molecule has 3 aromatic carbocycles. The van der Waals surface area contributed by atoms with Gasteiger partial charge in [-0.2, -0.15) is 0 Å². The molecule has 1 atom stereocenters. The van der Waals surface area contributed by atoms with Crippen molar-refractivity contribution >= 4 is 27.5 Å². The zero-order chi connectivity index (χ0) is 28.6. The first kappa shape index (κ1) is 29.7. The smallest absolute Gasteiger partial charge is 0.264 e. The van der Waals surface area contributed by atoms with E-state index in [1.54, 1.807) is 36.4 Å². The van der Waals surface area contributed by atoms with Gasteiger partial charge in [0.15, 0.2) is 0 Å². The van der Waals surface area contributed by atoms with Crippen LogP contribution in [-0.2, 0) is 26.2 Å². The van der Waals surface area contributed by atoms with Gasteiger partial charge in [-0.1, -0.05) is 54.4 Å². The lowest BCUT2D eigenvalue weighted by Gasteiger charge is -2.33. The Bertz CT molecular complexity index is 1370. The zero-order valence-corrected chi connectivity index (χ0v) is 24.0. The van der Waals surface area contributed by atoms with E-state index in [1.807, 2.05) is 52.0 Å². The molecule has 0 radical (unpaired) electrons. The Morgan fingerprint density at radius 2 is 1.59 bits per heavy atom. The van der Waals surface area contributed by atoms with Crippen LogP contribution in [0.15, 0.2) is 77.7 Å². The van der Waals surface area contributed by atoms with Gasteiger partial charge in [-0.3, -0.25) is 13.9 Å². The van der Waals surface area contributed by atoms with E-state index in [-0.39, 0.29) is 17.3 Å². The van der Waals surface area contributed by atoms with Gasteiger partial charge in [0.2, 0.25) is 11.8 Å². The van der Waals surface area contributed by atoms with Crippen molar-refractivity contribution in [1.29, 1.82) is 0 Å². The summed E-state index contributed by atoms with van der Waals surface area (Å²) in [6.07, 6.45) is 0.372. The molecule has 0 heterocycles. The highest BCUT2D eigenvalue weighted by Crippen LogP contribution is 2.27. The molecular formula is C30H37N3O5S. The Morgan fingerprint density at radius 1 is 0.923 bits per heavy atom. The molecule has 208 valence electrons. The van der Waals surface area contributed by atoms with Crippen LogP contribution in [0.2, 0.25) is 0 Å². The Balaban J connectivity index is 2.06. The highest BCUT2D eigenvalue weighted by Gasteiger charge is 2.33. The van der Waals surface area contributed by atoms with Gasteiger partial charge in [0.1, 0.15) is 18.3 Å². The molecular weight excluding hydrogens is 514 g/mol. The Labute approximate surface area is 231 Å². The van der Waals surface area contributed by atoms with Crippen LogP contribution in [0.1, 0.15) is 37.0 Å². The maximum atomic E-state index is 14.0. The lowest BCUT2D eigenvalue weighted by atomic mass is 10.1. The molecule has 9 heteroatoms. The molecule has 0 aliphatic carbocycles. The van der Waals surface area contributed by atoms with E-state index >= 15 is 0 Å². The SMILES string of the molecule is CCNC(=O)[C@H](CC)N(Cc1cccc(C)c1)C(=O)CN(c1ccc(OC)cc1)S(=O)(=O)c1ccc(C)cc1. The maximum absolute atomic E-state index is 14.0. The summed E-state index contributed by atoms with van der Waals surface area (Å²) >= 11 is 0. The summed E-state index contributed by atoms with van der Waals surface area (Å²) in [6.45, 7) is 7.58. The first-order valence-electron chi connectivity index (χ1n) is 13.0. The molecule has 8 nitrogen and oxygen atoms in total. The second-order valence-electron chi connectivity index (χ2n) is 9.35. The number of sulfonamides is 1. The van der Waals surface area contributed by atoms with Crippen molar-refractivity contribution in [3.05, 3.63) is 89.5 Å². The van der Waals surface area contributed by atoms with E-state index in [0.717, 1.165) is 21.0 Å². The van der Waals surface area contributed by atoms with Crippen LogP contribution in [0.3, 0.4) is 0 Å². The van der Waals surface area contributed by atoms with Crippen LogP contribution in [-0.4, -0.2) is 51.4 Å². The molecule has 0 unspecified atom stereocenters. The number of hydrogen-bond donors (Lipinski definition) is 1. The fraction of sp³-hybridized carbons (Fsp3) is 0.333. The molecule has 0 aromatic heterocycles. The number of benzene rings is 3. The van der Waals surface area contributed by atoms with Crippen LogP contribution in [0.4, 0.5) is 5.69 Å². The molecule has 0 spiro atoms. The monoisotopic (exact) mass is 551 g/mol. The average Bonchev–Trinajstić information content (AvgIpc) is 2.92. The maximum Gasteiger partial charge on any atom is 0.264 e. The summed E-state index contributed by atoms with van der Waals surface area (Å²) in [5, 5.41) is 2.81. The highest BCUT2D eigenvalue weighted by molar-refractivity contribution is 7.92. The number of carbonyl (C=O) groups is 2. The first-order chi connectivity index (χ1) is 18.6. The number of methoxy groups -OCH3 is 1. The number of nitrogens with zero attached hydrogens (tertiary/aromatic N) is 2. The molecule has 1 N–H and O–H groups in total. The summed E-state index contributed by atoms with van der Waals surface area (Å²) in [5.41, 5.74) is 3.10. The Hall–Kier alpha value is -3.85. The lowest BCUT2D eigenvalue weighted by Crippen LogP contribution is -2.52. The number of likely N-dealkylation sites (N-methyl/N-ethyl adjacent to an activating group) is 1. The molecule has 2 amide bonds. The van der Waals surface area contributed by atoms with E-state index in [9.17, 15) is 18.0 Å². The highest BCUT2D eigenvalue weighted by atomic mass is 32.2. The van der Waals surface area contributed by atoms with Gasteiger partial charge >= 0.3 is 0 Å². The first-order valence-corrected chi connectivity index (χ1v) is 14.4. The quantitative estimate of drug-likeness (QED) is 0.359. The lowest BCUT2D eigenvalue weighted by molar-refractivity contribution is -0.140. The number of amides is 2. The van der Waals surface area contributed by atoms with Crippen molar-refractivity contribution in [1.82, 2.24) is 10.2 Å². The Kier molecular flexibility index (Phi) is 10.1. The fourth-order valence-corrected chi connectivity index (χ4v) is 5.75. The van der Waals surface area contributed by atoms with E-state index in [2.05, 4.69) is 5.32 Å². The number of ether oxygens (including phenoxy) is 1. The molecule has 3 aromatic rings. The molecule has 0 saturated heterocycles.